The van der Waals surface area contributed by atoms with Gasteiger partial charge in [0.1, 0.15) is 17.6 Å². The number of rotatable bonds is 7. The van der Waals surface area contributed by atoms with Crippen LogP contribution in [0.5, 0.6) is 0 Å². The summed E-state index contributed by atoms with van der Waals surface area (Å²) >= 11 is 0. The van der Waals surface area contributed by atoms with Crippen molar-refractivity contribution in [2.24, 2.45) is 0 Å². The second-order valence-corrected chi connectivity index (χ2v) is 15.1. The van der Waals surface area contributed by atoms with Gasteiger partial charge in [0.2, 0.25) is 0 Å². The zero-order valence-corrected chi connectivity index (χ0v) is 27.3. The van der Waals surface area contributed by atoms with Gasteiger partial charge in [0.25, 0.3) is 0 Å². The average Bonchev–Trinajstić information content (AvgIpc) is 3.29. The minimum Gasteiger partial charge on any atom is -0.461 e. The number of carbonyl (C=O) groups is 2. The Morgan fingerprint density at radius 2 is 1.20 bits per heavy atom. The molecule has 0 amide bonds. The Morgan fingerprint density at radius 1 is 0.705 bits per heavy atom. The maximum absolute atomic E-state index is 14.6. The van der Waals surface area contributed by atoms with Crippen molar-refractivity contribution < 1.29 is 28.0 Å². The van der Waals surface area contributed by atoms with E-state index in [0.717, 1.165) is 64.4 Å². The topological polar surface area (TPSA) is 52.6 Å². The summed E-state index contributed by atoms with van der Waals surface area (Å²) in [6.45, 7) is 6.86. The van der Waals surface area contributed by atoms with Crippen molar-refractivity contribution in [1.82, 2.24) is 0 Å². The van der Waals surface area contributed by atoms with E-state index in [1.54, 1.807) is 0 Å². The molecule has 6 heteroatoms. The molecular weight excluding hydrogens is 548 g/mol. The SMILES string of the molecule is CC[N+]1(C)[C@@H]2CC[C@H]1CC(OC(=O)[C@@H]1CC[C@](C(=O)OC3C[C@H]4CC[C@@H](C3)[N+]4(C)CC)(c3ccccc3)c3ccccc31)C2. The summed E-state index contributed by atoms with van der Waals surface area (Å²) in [4.78, 5) is 28.6. The molecule has 4 aliphatic heterocycles. The number of fused-ring (bicyclic) bond motifs is 5. The lowest BCUT2D eigenvalue weighted by Gasteiger charge is -2.47. The van der Waals surface area contributed by atoms with E-state index >= 15 is 0 Å². The second kappa shape index (κ2) is 11.3. The lowest BCUT2D eigenvalue weighted by Crippen LogP contribution is -2.59. The van der Waals surface area contributed by atoms with Gasteiger partial charge in [-0.05, 0) is 43.4 Å². The zero-order chi connectivity index (χ0) is 30.7. The molecule has 7 rings (SSSR count). The number of carbonyl (C=O) groups excluding carboxylic acids is 2. The van der Waals surface area contributed by atoms with Crippen molar-refractivity contribution >= 4 is 11.9 Å². The molecule has 2 aromatic rings. The number of hydrogen-bond donors (Lipinski definition) is 0. The molecule has 0 N–H and O–H groups in total. The Bertz CT molecular complexity index is 1360. The third-order valence-corrected chi connectivity index (χ3v) is 13.6. The highest BCUT2D eigenvalue weighted by Crippen LogP contribution is 2.50. The standard InChI is InChI=1S/C38H52N2O4/c1-5-39(3)27-16-17-28(39)23-31(22-27)43-36(41)34-20-21-38(26-12-8-7-9-13-26,35-15-11-10-14-33(34)35)37(42)44-32-24-29-18-19-30(25-32)40(29,4)6-2/h7-15,27-32,34H,5-6,16-25H2,1-4H3/q+2/t27-,28+,29-,30+,31?,32?,34-,38+,39?,40?/m1/s1. The van der Waals surface area contributed by atoms with Gasteiger partial charge in [0.15, 0.2) is 0 Å². The van der Waals surface area contributed by atoms with Crippen molar-refractivity contribution in [2.75, 3.05) is 27.2 Å². The molecule has 236 valence electrons. The Morgan fingerprint density at radius 3 is 1.75 bits per heavy atom. The summed E-state index contributed by atoms with van der Waals surface area (Å²) in [6, 6.07) is 20.5. The molecule has 0 aromatic heterocycles. The van der Waals surface area contributed by atoms with E-state index in [4.69, 9.17) is 9.47 Å². The molecule has 10 atom stereocenters. The number of esters is 2. The van der Waals surface area contributed by atoms with Crippen LogP contribution in [-0.4, -0.2) is 84.5 Å². The van der Waals surface area contributed by atoms with E-state index in [-0.39, 0.29) is 30.1 Å². The van der Waals surface area contributed by atoms with Crippen LogP contribution in [0.25, 0.3) is 0 Å². The summed E-state index contributed by atoms with van der Waals surface area (Å²) in [7, 11) is 4.78. The van der Waals surface area contributed by atoms with Gasteiger partial charge in [-0.15, -0.1) is 0 Å². The molecule has 0 radical (unpaired) electrons. The predicted molar refractivity (Wildman–Crippen MR) is 171 cm³/mol. The highest BCUT2D eigenvalue weighted by atomic mass is 16.5. The van der Waals surface area contributed by atoms with Crippen molar-refractivity contribution in [3.63, 3.8) is 0 Å². The first-order valence-corrected chi connectivity index (χ1v) is 17.5. The van der Waals surface area contributed by atoms with E-state index in [0.29, 0.717) is 37.0 Å². The van der Waals surface area contributed by atoms with Crippen LogP contribution in [0.15, 0.2) is 54.6 Å². The smallest absolute Gasteiger partial charge is 0.321 e. The fraction of sp³-hybridized carbons (Fsp3) is 0.632. The summed E-state index contributed by atoms with van der Waals surface area (Å²) in [5, 5.41) is 0. The maximum Gasteiger partial charge on any atom is 0.321 e. The number of quaternary nitrogens is 2. The number of benzene rings is 2. The van der Waals surface area contributed by atoms with Crippen LogP contribution in [0.4, 0.5) is 0 Å². The molecule has 4 unspecified atom stereocenters. The van der Waals surface area contributed by atoms with Gasteiger partial charge in [-0.2, -0.15) is 0 Å². The number of hydrogen-bond acceptors (Lipinski definition) is 4. The molecule has 2 aromatic carbocycles. The Kier molecular flexibility index (Phi) is 7.68. The van der Waals surface area contributed by atoms with Gasteiger partial charge in [-0.3, -0.25) is 9.59 Å². The molecular formula is C38H52N2O4+2. The quantitative estimate of drug-likeness (QED) is 0.278. The summed E-state index contributed by atoms with van der Waals surface area (Å²) < 4.78 is 15.2. The normalized spacial score (nSPS) is 40.7. The molecule has 6 nitrogen and oxygen atoms in total. The van der Waals surface area contributed by atoms with E-state index in [1.165, 1.54) is 25.7 Å². The van der Waals surface area contributed by atoms with Crippen molar-refractivity contribution in [3.8, 4) is 0 Å². The minimum absolute atomic E-state index is 0.00966. The molecule has 44 heavy (non-hydrogen) atoms. The van der Waals surface area contributed by atoms with Crippen LogP contribution >= 0.6 is 0 Å². The molecule has 0 saturated carbocycles. The molecule has 4 heterocycles. The number of ether oxygens (including phenoxy) is 2. The third kappa shape index (κ3) is 4.57. The van der Waals surface area contributed by atoms with Crippen molar-refractivity contribution in [1.29, 1.82) is 0 Å². The summed E-state index contributed by atoms with van der Waals surface area (Å²) in [6.07, 6.45) is 9.75. The van der Waals surface area contributed by atoms with Crippen molar-refractivity contribution in [2.45, 2.75) is 126 Å². The summed E-state index contributed by atoms with van der Waals surface area (Å²) in [5.74, 6) is -0.638. The van der Waals surface area contributed by atoms with Crippen LogP contribution in [0.3, 0.4) is 0 Å². The Labute approximate surface area is 263 Å². The predicted octanol–water partition coefficient (Wildman–Crippen LogP) is 6.26. The second-order valence-electron chi connectivity index (χ2n) is 15.1. The average molecular weight is 601 g/mol. The number of nitrogens with zero attached hydrogens (tertiary/aromatic N) is 2. The molecule has 4 bridgehead atoms. The van der Waals surface area contributed by atoms with Crippen molar-refractivity contribution in [3.05, 3.63) is 71.3 Å². The first kappa shape index (κ1) is 30.0. The Hall–Kier alpha value is -2.70. The van der Waals surface area contributed by atoms with Gasteiger partial charge < -0.3 is 18.4 Å². The van der Waals surface area contributed by atoms with Crippen LogP contribution < -0.4 is 0 Å². The molecule has 5 aliphatic rings. The van der Waals surface area contributed by atoms with Gasteiger partial charge in [0.05, 0.1) is 57.3 Å². The molecule has 4 fully saturated rings. The van der Waals surface area contributed by atoms with Gasteiger partial charge >= 0.3 is 11.9 Å². The monoisotopic (exact) mass is 600 g/mol. The molecule has 4 saturated heterocycles. The fourth-order valence-corrected chi connectivity index (χ4v) is 10.5. The zero-order valence-electron chi connectivity index (χ0n) is 27.3. The van der Waals surface area contributed by atoms with Crippen LogP contribution in [0.2, 0.25) is 0 Å². The third-order valence-electron chi connectivity index (χ3n) is 13.6. The molecule has 1 aliphatic carbocycles. The molecule has 0 spiro atoms. The lowest BCUT2D eigenvalue weighted by atomic mass is 9.63. The maximum atomic E-state index is 14.6. The fourth-order valence-electron chi connectivity index (χ4n) is 10.5. The van der Waals surface area contributed by atoms with Gasteiger partial charge in [-0.25, -0.2) is 0 Å². The van der Waals surface area contributed by atoms with E-state index < -0.39 is 5.41 Å². The van der Waals surface area contributed by atoms with E-state index in [1.807, 2.05) is 36.4 Å². The van der Waals surface area contributed by atoms with E-state index in [9.17, 15) is 9.59 Å². The van der Waals surface area contributed by atoms with Crippen LogP contribution in [-0.2, 0) is 24.5 Å². The highest BCUT2D eigenvalue weighted by Gasteiger charge is 2.55. The number of piperidine rings is 2. The Balaban J connectivity index is 1.15. The largest absolute Gasteiger partial charge is 0.461 e. The minimum atomic E-state index is -0.932. The first-order chi connectivity index (χ1) is 21.2. The lowest BCUT2D eigenvalue weighted by molar-refractivity contribution is -0.947. The van der Waals surface area contributed by atoms with Crippen LogP contribution in [0.1, 0.15) is 101 Å². The van der Waals surface area contributed by atoms with Gasteiger partial charge in [0, 0.05) is 51.4 Å². The van der Waals surface area contributed by atoms with Crippen LogP contribution in [0, 0.1) is 0 Å². The van der Waals surface area contributed by atoms with Gasteiger partial charge in [-0.1, -0.05) is 54.6 Å². The van der Waals surface area contributed by atoms with E-state index in [2.05, 4.69) is 46.1 Å². The summed E-state index contributed by atoms with van der Waals surface area (Å²) in [5.41, 5.74) is 1.86. The highest BCUT2D eigenvalue weighted by molar-refractivity contribution is 5.91. The first-order valence-electron chi connectivity index (χ1n) is 17.5.